The Morgan fingerprint density at radius 1 is 1.48 bits per heavy atom. The number of amides is 1. The van der Waals surface area contributed by atoms with Gasteiger partial charge in [-0.1, -0.05) is 0 Å². The van der Waals surface area contributed by atoms with Crippen molar-refractivity contribution in [2.45, 2.75) is 37.4 Å². The molecule has 3 rings (SSSR count). The zero-order valence-corrected chi connectivity index (χ0v) is 13.5. The van der Waals surface area contributed by atoms with Crippen LogP contribution in [0.3, 0.4) is 0 Å². The molecular formula is C16H24N4O3. The third-order valence-electron chi connectivity index (χ3n) is 4.53. The minimum absolute atomic E-state index is 0.0706. The lowest BCUT2D eigenvalue weighted by atomic mass is 9.90. The Bertz CT molecular complexity index is 527. The topological polar surface area (TPSA) is 76.6 Å². The summed E-state index contributed by atoms with van der Waals surface area (Å²) in [5, 5.41) is 2.88. The largest absolute Gasteiger partial charge is 0.375 e. The summed E-state index contributed by atoms with van der Waals surface area (Å²) in [5.74, 6) is 0.671. The Morgan fingerprint density at radius 3 is 3.09 bits per heavy atom. The van der Waals surface area contributed by atoms with E-state index in [1.807, 2.05) is 6.07 Å². The van der Waals surface area contributed by atoms with Gasteiger partial charge in [0, 0.05) is 39.1 Å². The quantitative estimate of drug-likeness (QED) is 0.863. The Hall–Kier alpha value is -1.73. The zero-order valence-electron chi connectivity index (χ0n) is 13.5. The maximum Gasteiger partial charge on any atom is 0.246 e. The zero-order chi connectivity index (χ0) is 16.1. The van der Waals surface area contributed by atoms with Gasteiger partial charge in [0.05, 0.1) is 11.7 Å². The van der Waals surface area contributed by atoms with Gasteiger partial charge in [-0.2, -0.15) is 0 Å². The average Bonchev–Trinajstić information content (AvgIpc) is 2.98. The summed E-state index contributed by atoms with van der Waals surface area (Å²) < 4.78 is 11.2. The molecule has 2 aliphatic heterocycles. The Morgan fingerprint density at radius 2 is 2.30 bits per heavy atom. The van der Waals surface area contributed by atoms with E-state index < -0.39 is 0 Å². The molecule has 0 aliphatic carbocycles. The monoisotopic (exact) mass is 320 g/mol. The van der Waals surface area contributed by atoms with E-state index in [9.17, 15) is 4.79 Å². The lowest BCUT2D eigenvalue weighted by Crippen LogP contribution is -2.47. The van der Waals surface area contributed by atoms with Crippen molar-refractivity contribution in [3.63, 3.8) is 0 Å². The van der Waals surface area contributed by atoms with E-state index >= 15 is 0 Å². The van der Waals surface area contributed by atoms with Crippen LogP contribution in [-0.2, 0) is 14.3 Å². The van der Waals surface area contributed by atoms with Crippen molar-refractivity contribution in [2.24, 2.45) is 0 Å². The number of carbonyl (C=O) groups excluding carboxylic acids is 1. The first-order valence-electron chi connectivity index (χ1n) is 8.16. The molecule has 23 heavy (non-hydrogen) atoms. The van der Waals surface area contributed by atoms with E-state index in [2.05, 4.69) is 20.2 Å². The molecule has 1 N–H and O–H groups in total. The van der Waals surface area contributed by atoms with Gasteiger partial charge in [-0.15, -0.1) is 0 Å². The standard InChI is InChI=1S/C16H24N4O3/c1-22-11-14(21)19-10-13-4-2-5-16(23-13)6-9-20(12-16)15-17-7-3-8-18-15/h3,7-8,13H,2,4-6,9-12H2,1H3,(H,19,21)/t13-,16-/m0/s1. The summed E-state index contributed by atoms with van der Waals surface area (Å²) in [5.41, 5.74) is -0.131. The molecule has 7 nitrogen and oxygen atoms in total. The molecule has 0 radical (unpaired) electrons. The van der Waals surface area contributed by atoms with Crippen molar-refractivity contribution < 1.29 is 14.3 Å². The highest BCUT2D eigenvalue weighted by molar-refractivity contribution is 5.77. The van der Waals surface area contributed by atoms with E-state index in [1.165, 1.54) is 7.11 Å². The minimum atomic E-state index is -0.131. The minimum Gasteiger partial charge on any atom is -0.375 e. The predicted octanol–water partition coefficient (Wildman–Crippen LogP) is 0.757. The normalized spacial score (nSPS) is 27.3. The average molecular weight is 320 g/mol. The van der Waals surface area contributed by atoms with Crippen LogP contribution in [0.5, 0.6) is 0 Å². The number of aromatic nitrogens is 2. The third-order valence-corrected chi connectivity index (χ3v) is 4.53. The molecule has 0 aromatic carbocycles. The summed E-state index contributed by atoms with van der Waals surface area (Å²) in [7, 11) is 1.52. The number of ether oxygens (including phenoxy) is 2. The van der Waals surface area contributed by atoms with Gasteiger partial charge in [0.25, 0.3) is 0 Å². The smallest absolute Gasteiger partial charge is 0.246 e. The van der Waals surface area contributed by atoms with Gasteiger partial charge in [-0.3, -0.25) is 4.79 Å². The van der Waals surface area contributed by atoms with Gasteiger partial charge in [0.15, 0.2) is 0 Å². The first-order valence-corrected chi connectivity index (χ1v) is 8.16. The number of hydrogen-bond acceptors (Lipinski definition) is 6. The van der Waals surface area contributed by atoms with Crippen LogP contribution in [0.1, 0.15) is 25.7 Å². The van der Waals surface area contributed by atoms with Gasteiger partial charge < -0.3 is 19.7 Å². The molecule has 7 heteroatoms. The maximum atomic E-state index is 11.5. The molecule has 1 spiro atoms. The molecule has 3 heterocycles. The van der Waals surface area contributed by atoms with Crippen LogP contribution in [0.4, 0.5) is 5.95 Å². The molecule has 1 aromatic heterocycles. The third kappa shape index (κ3) is 3.97. The number of nitrogens with zero attached hydrogens (tertiary/aromatic N) is 3. The van der Waals surface area contributed by atoms with Gasteiger partial charge >= 0.3 is 0 Å². The van der Waals surface area contributed by atoms with Gasteiger partial charge in [-0.05, 0) is 31.7 Å². The van der Waals surface area contributed by atoms with E-state index in [4.69, 9.17) is 9.47 Å². The molecule has 2 aliphatic rings. The summed E-state index contributed by atoms with van der Waals surface area (Å²) in [6, 6.07) is 1.82. The highest BCUT2D eigenvalue weighted by Gasteiger charge is 2.43. The fourth-order valence-corrected chi connectivity index (χ4v) is 3.45. The number of nitrogens with one attached hydrogen (secondary N) is 1. The lowest BCUT2D eigenvalue weighted by molar-refractivity contribution is -0.131. The molecule has 2 saturated heterocycles. The lowest BCUT2D eigenvalue weighted by Gasteiger charge is -2.38. The number of anilines is 1. The summed E-state index contributed by atoms with van der Waals surface area (Å²) >= 11 is 0. The van der Waals surface area contributed by atoms with E-state index in [0.29, 0.717) is 6.54 Å². The molecule has 126 valence electrons. The van der Waals surface area contributed by atoms with Crippen LogP contribution in [0, 0.1) is 0 Å². The summed E-state index contributed by atoms with van der Waals surface area (Å²) in [4.78, 5) is 22.4. The van der Waals surface area contributed by atoms with Crippen molar-refractivity contribution in [3.05, 3.63) is 18.5 Å². The molecule has 0 unspecified atom stereocenters. The summed E-state index contributed by atoms with van der Waals surface area (Å²) in [6.45, 7) is 2.37. The second kappa shape index (κ2) is 7.23. The Kier molecular flexibility index (Phi) is 5.07. The molecule has 2 atom stereocenters. The number of rotatable bonds is 5. The fraction of sp³-hybridized carbons (Fsp3) is 0.688. The van der Waals surface area contributed by atoms with Crippen LogP contribution in [0.2, 0.25) is 0 Å². The molecular weight excluding hydrogens is 296 g/mol. The fourth-order valence-electron chi connectivity index (χ4n) is 3.45. The van der Waals surface area contributed by atoms with E-state index in [1.54, 1.807) is 12.4 Å². The van der Waals surface area contributed by atoms with Gasteiger partial charge in [0.1, 0.15) is 6.61 Å². The molecule has 0 saturated carbocycles. The highest BCUT2D eigenvalue weighted by atomic mass is 16.5. The van der Waals surface area contributed by atoms with Crippen LogP contribution in [0.15, 0.2) is 18.5 Å². The van der Waals surface area contributed by atoms with Crippen molar-refractivity contribution in [3.8, 4) is 0 Å². The van der Waals surface area contributed by atoms with Crippen molar-refractivity contribution in [2.75, 3.05) is 38.3 Å². The van der Waals surface area contributed by atoms with Crippen LogP contribution in [-0.4, -0.2) is 60.9 Å². The van der Waals surface area contributed by atoms with Crippen molar-refractivity contribution >= 4 is 11.9 Å². The SMILES string of the molecule is COCC(=O)NC[C@@H]1CCC[C@@]2(CCN(c3ncccn3)C2)O1. The molecule has 0 bridgehead atoms. The molecule has 2 fully saturated rings. The highest BCUT2D eigenvalue weighted by Crippen LogP contribution is 2.37. The van der Waals surface area contributed by atoms with Gasteiger partial charge in [-0.25, -0.2) is 9.97 Å². The molecule has 1 amide bonds. The molecule has 1 aromatic rings. The second-order valence-corrected chi connectivity index (χ2v) is 6.27. The maximum absolute atomic E-state index is 11.5. The Labute approximate surface area is 136 Å². The first-order chi connectivity index (χ1) is 11.2. The van der Waals surface area contributed by atoms with Crippen molar-refractivity contribution in [1.82, 2.24) is 15.3 Å². The predicted molar refractivity (Wildman–Crippen MR) is 85.2 cm³/mol. The van der Waals surface area contributed by atoms with E-state index in [0.717, 1.165) is 44.7 Å². The Balaban J connectivity index is 1.55. The summed E-state index contributed by atoms with van der Waals surface area (Å²) in [6.07, 6.45) is 7.74. The van der Waals surface area contributed by atoms with Crippen molar-refractivity contribution in [1.29, 1.82) is 0 Å². The van der Waals surface area contributed by atoms with E-state index in [-0.39, 0.29) is 24.2 Å². The van der Waals surface area contributed by atoms with Crippen LogP contribution >= 0.6 is 0 Å². The van der Waals surface area contributed by atoms with Crippen LogP contribution in [0.25, 0.3) is 0 Å². The van der Waals surface area contributed by atoms with Crippen LogP contribution < -0.4 is 10.2 Å². The van der Waals surface area contributed by atoms with Gasteiger partial charge in [0.2, 0.25) is 11.9 Å². The number of carbonyl (C=O) groups is 1. The number of methoxy groups -OCH3 is 1. The number of hydrogen-bond donors (Lipinski definition) is 1. The second-order valence-electron chi connectivity index (χ2n) is 6.27. The first kappa shape index (κ1) is 16.1.